The number of nitrogen functional groups attached to an aromatic ring is 1. The summed E-state index contributed by atoms with van der Waals surface area (Å²) in [5.41, 5.74) is 9.01. The summed E-state index contributed by atoms with van der Waals surface area (Å²) in [4.78, 5) is 4.57. The van der Waals surface area contributed by atoms with Crippen molar-refractivity contribution < 1.29 is 9.47 Å². The van der Waals surface area contributed by atoms with Gasteiger partial charge in [-0.1, -0.05) is 0 Å². The fourth-order valence-corrected chi connectivity index (χ4v) is 2.72. The number of nitrogens with two attached hydrogens (primary N) is 1. The van der Waals surface area contributed by atoms with Gasteiger partial charge in [0.2, 0.25) is 0 Å². The lowest BCUT2D eigenvalue weighted by atomic mass is 10.0. The number of nitrogens with zero attached hydrogens (tertiary/aromatic N) is 2. The number of aryl methyl sites for hydroxylation is 1. The summed E-state index contributed by atoms with van der Waals surface area (Å²) in [6.45, 7) is 6.59. The maximum absolute atomic E-state index is 6.18. The molecule has 0 fully saturated rings. The van der Waals surface area contributed by atoms with Gasteiger partial charge >= 0.3 is 0 Å². The Balaban J connectivity index is 2.16. The molecule has 2 aromatic rings. The second-order valence-corrected chi connectivity index (χ2v) is 5.47. The van der Waals surface area contributed by atoms with E-state index < -0.39 is 0 Å². The third-order valence-electron chi connectivity index (χ3n) is 3.92. The first-order valence-corrected chi connectivity index (χ1v) is 7.26. The molecule has 5 nitrogen and oxygen atoms in total. The Morgan fingerprint density at radius 2 is 2.24 bits per heavy atom. The van der Waals surface area contributed by atoms with E-state index in [4.69, 9.17) is 15.2 Å². The quantitative estimate of drug-likeness (QED) is 0.942. The molecule has 2 N–H and O–H groups in total. The fourth-order valence-electron chi connectivity index (χ4n) is 2.72. The number of hydrogen-bond donors (Lipinski definition) is 1. The van der Waals surface area contributed by atoms with Gasteiger partial charge in [-0.25, -0.2) is 4.98 Å². The van der Waals surface area contributed by atoms with Gasteiger partial charge in [-0.05, 0) is 32.9 Å². The molecule has 0 saturated heterocycles. The maximum Gasteiger partial charge on any atom is 0.131 e. The molecule has 1 aromatic carbocycles. The summed E-state index contributed by atoms with van der Waals surface area (Å²) < 4.78 is 13.5. The van der Waals surface area contributed by atoms with Gasteiger partial charge in [-0.2, -0.15) is 0 Å². The van der Waals surface area contributed by atoms with Gasteiger partial charge in [0.05, 0.1) is 6.61 Å². The third-order valence-corrected chi connectivity index (χ3v) is 3.92. The van der Waals surface area contributed by atoms with Crippen LogP contribution < -0.4 is 15.2 Å². The van der Waals surface area contributed by atoms with E-state index in [0.29, 0.717) is 12.4 Å². The van der Waals surface area contributed by atoms with E-state index in [1.54, 1.807) is 0 Å². The summed E-state index contributed by atoms with van der Waals surface area (Å²) in [6, 6.07) is 4.06. The van der Waals surface area contributed by atoms with E-state index in [0.717, 1.165) is 35.0 Å². The highest BCUT2D eigenvalue weighted by atomic mass is 16.5. The monoisotopic (exact) mass is 287 g/mol. The molecule has 1 unspecified atom stereocenters. The number of aromatic nitrogens is 2. The van der Waals surface area contributed by atoms with Crippen LogP contribution in [-0.2, 0) is 13.5 Å². The molecule has 21 heavy (non-hydrogen) atoms. The second-order valence-electron chi connectivity index (χ2n) is 5.47. The van der Waals surface area contributed by atoms with Crippen LogP contribution in [0.5, 0.6) is 11.5 Å². The Bertz CT molecular complexity index is 691. The summed E-state index contributed by atoms with van der Waals surface area (Å²) in [5.74, 6) is 3.24. The van der Waals surface area contributed by atoms with Crippen LogP contribution in [0.2, 0.25) is 0 Å². The van der Waals surface area contributed by atoms with Gasteiger partial charge in [0.15, 0.2) is 0 Å². The predicted molar refractivity (Wildman–Crippen MR) is 82.8 cm³/mol. The first-order valence-electron chi connectivity index (χ1n) is 7.26. The maximum atomic E-state index is 6.18. The van der Waals surface area contributed by atoms with Crippen LogP contribution >= 0.6 is 0 Å². The van der Waals surface area contributed by atoms with Gasteiger partial charge in [0.25, 0.3) is 0 Å². The van der Waals surface area contributed by atoms with Crippen LogP contribution in [0.25, 0.3) is 11.3 Å². The molecule has 1 aromatic heterocycles. The van der Waals surface area contributed by atoms with E-state index in [-0.39, 0.29) is 6.10 Å². The molecule has 0 saturated carbocycles. The van der Waals surface area contributed by atoms with E-state index in [1.807, 2.05) is 31.5 Å². The fraction of sp³-hybridized carbons (Fsp3) is 0.438. The van der Waals surface area contributed by atoms with Crippen molar-refractivity contribution >= 4 is 5.82 Å². The molecule has 3 rings (SSSR count). The first-order chi connectivity index (χ1) is 10.0. The lowest BCUT2D eigenvalue weighted by molar-refractivity contribution is 0.254. The van der Waals surface area contributed by atoms with Crippen molar-refractivity contribution in [1.29, 1.82) is 0 Å². The molecule has 1 aliphatic rings. The molecule has 0 radical (unpaired) electrons. The number of anilines is 1. The van der Waals surface area contributed by atoms with Crippen molar-refractivity contribution in [3.8, 4) is 22.8 Å². The van der Waals surface area contributed by atoms with Gasteiger partial charge in [-0.3, -0.25) is 0 Å². The molecule has 112 valence electrons. The van der Waals surface area contributed by atoms with Crippen molar-refractivity contribution in [3.05, 3.63) is 23.5 Å². The molecule has 0 spiro atoms. The van der Waals surface area contributed by atoms with Gasteiger partial charge in [0, 0.05) is 24.6 Å². The average Bonchev–Trinajstić information content (AvgIpc) is 2.92. The van der Waals surface area contributed by atoms with Crippen LogP contribution in [0, 0.1) is 6.92 Å². The lowest BCUT2D eigenvalue weighted by Gasteiger charge is -2.12. The summed E-state index contributed by atoms with van der Waals surface area (Å²) in [5, 5.41) is 0. The molecule has 5 heteroatoms. The van der Waals surface area contributed by atoms with Gasteiger partial charge < -0.3 is 19.8 Å². The average molecular weight is 287 g/mol. The summed E-state index contributed by atoms with van der Waals surface area (Å²) >= 11 is 0. The van der Waals surface area contributed by atoms with Crippen LogP contribution in [0.1, 0.15) is 25.2 Å². The molecule has 1 atom stereocenters. The Morgan fingerprint density at radius 3 is 2.86 bits per heavy atom. The number of fused-ring (bicyclic) bond motifs is 1. The van der Waals surface area contributed by atoms with Crippen LogP contribution in [0.4, 0.5) is 5.82 Å². The van der Waals surface area contributed by atoms with Crippen molar-refractivity contribution in [1.82, 2.24) is 9.55 Å². The molecular weight excluding hydrogens is 266 g/mol. The third kappa shape index (κ3) is 2.22. The zero-order valence-corrected chi connectivity index (χ0v) is 12.9. The van der Waals surface area contributed by atoms with E-state index in [9.17, 15) is 0 Å². The largest absolute Gasteiger partial charge is 0.493 e. The molecule has 0 aliphatic carbocycles. The number of imidazole rings is 1. The minimum Gasteiger partial charge on any atom is -0.493 e. The Kier molecular flexibility index (Phi) is 3.27. The Hall–Kier alpha value is -2.17. The molecule has 0 bridgehead atoms. The zero-order chi connectivity index (χ0) is 15.1. The Labute approximate surface area is 124 Å². The van der Waals surface area contributed by atoms with Crippen LogP contribution in [-0.4, -0.2) is 22.3 Å². The lowest BCUT2D eigenvalue weighted by Crippen LogP contribution is -2.05. The number of benzene rings is 1. The normalized spacial score (nSPS) is 16.7. The van der Waals surface area contributed by atoms with Crippen molar-refractivity contribution in [2.24, 2.45) is 7.05 Å². The zero-order valence-electron chi connectivity index (χ0n) is 12.9. The second kappa shape index (κ2) is 4.98. The minimum absolute atomic E-state index is 0.201. The number of hydrogen-bond acceptors (Lipinski definition) is 4. The highest BCUT2D eigenvalue weighted by Crippen LogP contribution is 2.41. The van der Waals surface area contributed by atoms with Crippen molar-refractivity contribution in [2.75, 3.05) is 12.3 Å². The van der Waals surface area contributed by atoms with Crippen LogP contribution in [0.3, 0.4) is 0 Å². The standard InChI is InChI=1S/C16H21N3O2/c1-5-20-14-7-11-6-9(2)21-13(11)8-12(14)15-16(17)19(4)10(3)18-15/h7-9H,5-6,17H2,1-4H3. The highest BCUT2D eigenvalue weighted by molar-refractivity contribution is 5.78. The minimum atomic E-state index is 0.201. The topological polar surface area (TPSA) is 62.3 Å². The smallest absolute Gasteiger partial charge is 0.131 e. The molecule has 1 aliphatic heterocycles. The highest BCUT2D eigenvalue weighted by Gasteiger charge is 2.24. The van der Waals surface area contributed by atoms with E-state index in [2.05, 4.69) is 18.0 Å². The predicted octanol–water partition coefficient (Wildman–Crippen LogP) is 2.70. The molecule has 2 heterocycles. The molecular formula is C16H21N3O2. The number of ether oxygens (including phenoxy) is 2. The summed E-state index contributed by atoms with van der Waals surface area (Å²) in [6.07, 6.45) is 1.11. The van der Waals surface area contributed by atoms with E-state index >= 15 is 0 Å². The Morgan fingerprint density at radius 1 is 1.48 bits per heavy atom. The van der Waals surface area contributed by atoms with Gasteiger partial charge in [0.1, 0.15) is 34.9 Å². The first kappa shape index (κ1) is 13.8. The van der Waals surface area contributed by atoms with Crippen molar-refractivity contribution in [3.63, 3.8) is 0 Å². The van der Waals surface area contributed by atoms with E-state index in [1.165, 1.54) is 5.56 Å². The SMILES string of the molecule is CCOc1cc2c(cc1-c1nc(C)n(C)c1N)OC(C)C2. The summed E-state index contributed by atoms with van der Waals surface area (Å²) in [7, 11) is 1.91. The number of rotatable bonds is 3. The van der Waals surface area contributed by atoms with Crippen LogP contribution in [0.15, 0.2) is 12.1 Å². The van der Waals surface area contributed by atoms with Crippen molar-refractivity contribution in [2.45, 2.75) is 33.3 Å². The molecule has 0 amide bonds. The van der Waals surface area contributed by atoms with Gasteiger partial charge in [-0.15, -0.1) is 0 Å².